The number of rotatable bonds is 4. The summed E-state index contributed by atoms with van der Waals surface area (Å²) in [5.74, 6) is 0.0535. The largest absolute Gasteiger partial charge is 0.459 e. The lowest BCUT2D eigenvalue weighted by Crippen LogP contribution is -2.17. The molecule has 1 atom stereocenters. The smallest absolute Gasteiger partial charge is 0.352 e. The first kappa shape index (κ1) is 13.2. The number of nitrogens with zero attached hydrogens (tertiary/aromatic N) is 3. The summed E-state index contributed by atoms with van der Waals surface area (Å²) >= 11 is 0.986. The van der Waals surface area contributed by atoms with Gasteiger partial charge in [-0.3, -0.25) is 0 Å². The molecule has 1 saturated heterocycles. The van der Waals surface area contributed by atoms with E-state index in [1.807, 2.05) is 0 Å². The molecule has 2 aromatic rings. The van der Waals surface area contributed by atoms with Crippen LogP contribution in [0.25, 0.3) is 11.4 Å². The highest BCUT2D eigenvalue weighted by atomic mass is 32.1. The summed E-state index contributed by atoms with van der Waals surface area (Å²) in [6, 6.07) is 0. The lowest BCUT2D eigenvalue weighted by Gasteiger charge is -2.09. The highest BCUT2D eigenvalue weighted by Crippen LogP contribution is 2.24. The Morgan fingerprint density at radius 2 is 2.50 bits per heavy atom. The zero-order chi connectivity index (χ0) is 13.9. The maximum absolute atomic E-state index is 12.1. The topological polar surface area (TPSA) is 87.3 Å². The second kappa shape index (κ2) is 5.68. The molecule has 0 N–H and O–H groups in total. The Labute approximate surface area is 119 Å². The molecule has 2 aromatic heterocycles. The molecule has 8 heteroatoms. The molecule has 1 aliphatic heterocycles. The summed E-state index contributed by atoms with van der Waals surface area (Å²) < 4.78 is 19.6. The molecule has 7 nitrogen and oxygen atoms in total. The lowest BCUT2D eigenvalue weighted by molar-refractivity contribution is 0.0166. The van der Waals surface area contributed by atoms with Gasteiger partial charge in [0.05, 0.1) is 6.10 Å². The van der Waals surface area contributed by atoms with Crippen molar-refractivity contribution in [1.29, 1.82) is 0 Å². The van der Waals surface area contributed by atoms with Crippen LogP contribution in [-0.2, 0) is 9.47 Å². The van der Waals surface area contributed by atoms with E-state index in [9.17, 15) is 4.79 Å². The van der Waals surface area contributed by atoms with Crippen LogP contribution in [-0.4, -0.2) is 39.9 Å². The van der Waals surface area contributed by atoms with E-state index in [0.29, 0.717) is 22.2 Å². The maximum atomic E-state index is 12.1. The number of aromatic nitrogens is 3. The summed E-state index contributed by atoms with van der Waals surface area (Å²) in [6.07, 6.45) is 3.37. The molecule has 3 rings (SSSR count). The third kappa shape index (κ3) is 2.70. The van der Waals surface area contributed by atoms with E-state index in [1.54, 1.807) is 6.92 Å². The fourth-order valence-electron chi connectivity index (χ4n) is 1.97. The number of carbonyl (C=O) groups excluding carboxylic acids is 1. The maximum Gasteiger partial charge on any atom is 0.352 e. The molecule has 0 bridgehead atoms. The van der Waals surface area contributed by atoms with Crippen LogP contribution in [0.3, 0.4) is 0 Å². The van der Waals surface area contributed by atoms with E-state index in [2.05, 4.69) is 14.6 Å². The minimum atomic E-state index is -0.453. The van der Waals surface area contributed by atoms with Crippen molar-refractivity contribution < 1.29 is 18.7 Å². The van der Waals surface area contributed by atoms with Gasteiger partial charge in [-0.2, -0.15) is 0 Å². The standard InChI is InChI=1S/C12H13N3O4S/c1-7-13-9(6-18-7)10-11(20-15-14-10)12(16)19-5-8-3-2-4-17-8/h6,8H,2-5H2,1H3/t8-/m0/s1. The van der Waals surface area contributed by atoms with Gasteiger partial charge in [0.15, 0.2) is 10.8 Å². The molecule has 0 amide bonds. The monoisotopic (exact) mass is 295 g/mol. The minimum Gasteiger partial charge on any atom is -0.459 e. The van der Waals surface area contributed by atoms with Crippen LogP contribution in [0.2, 0.25) is 0 Å². The first-order valence-electron chi connectivity index (χ1n) is 6.27. The molecule has 0 radical (unpaired) electrons. The SMILES string of the molecule is Cc1nc(-c2nnsc2C(=O)OC[C@@H]2CCCO2)co1. The van der Waals surface area contributed by atoms with Crippen molar-refractivity contribution in [2.75, 3.05) is 13.2 Å². The second-order valence-electron chi connectivity index (χ2n) is 4.44. The molecule has 0 unspecified atom stereocenters. The van der Waals surface area contributed by atoms with Gasteiger partial charge in [-0.25, -0.2) is 9.78 Å². The van der Waals surface area contributed by atoms with Crippen molar-refractivity contribution in [3.05, 3.63) is 17.0 Å². The van der Waals surface area contributed by atoms with Gasteiger partial charge in [-0.1, -0.05) is 4.49 Å². The van der Waals surface area contributed by atoms with Crippen LogP contribution in [0.1, 0.15) is 28.4 Å². The van der Waals surface area contributed by atoms with Gasteiger partial charge in [0.1, 0.15) is 24.3 Å². The Morgan fingerprint density at radius 3 is 3.20 bits per heavy atom. The fraction of sp³-hybridized carbons (Fsp3) is 0.500. The highest BCUT2D eigenvalue weighted by Gasteiger charge is 2.23. The number of hydrogen-bond donors (Lipinski definition) is 0. The predicted octanol–water partition coefficient (Wildman–Crippen LogP) is 1.84. The van der Waals surface area contributed by atoms with Crippen molar-refractivity contribution >= 4 is 17.5 Å². The van der Waals surface area contributed by atoms with Gasteiger partial charge < -0.3 is 13.9 Å². The van der Waals surface area contributed by atoms with Gasteiger partial charge >= 0.3 is 5.97 Å². The zero-order valence-electron chi connectivity index (χ0n) is 10.9. The predicted molar refractivity (Wildman–Crippen MR) is 69.4 cm³/mol. The van der Waals surface area contributed by atoms with Crippen molar-refractivity contribution in [3.63, 3.8) is 0 Å². The number of ether oxygens (including phenoxy) is 2. The molecular weight excluding hydrogens is 282 g/mol. The fourth-order valence-corrected chi connectivity index (χ4v) is 2.54. The average Bonchev–Trinajstić information content (AvgIpc) is 3.16. The second-order valence-corrected chi connectivity index (χ2v) is 5.19. The normalized spacial score (nSPS) is 18.4. The molecule has 3 heterocycles. The number of hydrogen-bond acceptors (Lipinski definition) is 8. The van der Waals surface area contributed by atoms with E-state index in [0.717, 1.165) is 31.0 Å². The zero-order valence-corrected chi connectivity index (χ0v) is 11.7. The Balaban J connectivity index is 1.70. The van der Waals surface area contributed by atoms with Gasteiger partial charge in [0.25, 0.3) is 0 Å². The number of aryl methyl sites for hydroxylation is 1. The number of esters is 1. The van der Waals surface area contributed by atoms with Gasteiger partial charge in [0.2, 0.25) is 0 Å². The third-order valence-electron chi connectivity index (χ3n) is 2.96. The van der Waals surface area contributed by atoms with Gasteiger partial charge in [-0.05, 0) is 24.4 Å². The Bertz CT molecular complexity index is 603. The van der Waals surface area contributed by atoms with Crippen molar-refractivity contribution in [2.24, 2.45) is 0 Å². The summed E-state index contributed by atoms with van der Waals surface area (Å²) in [5, 5.41) is 3.91. The van der Waals surface area contributed by atoms with E-state index < -0.39 is 5.97 Å². The quantitative estimate of drug-likeness (QED) is 0.795. The van der Waals surface area contributed by atoms with Crippen molar-refractivity contribution in [3.8, 4) is 11.4 Å². The van der Waals surface area contributed by atoms with E-state index >= 15 is 0 Å². The first-order valence-corrected chi connectivity index (χ1v) is 7.05. The highest BCUT2D eigenvalue weighted by molar-refractivity contribution is 7.08. The minimum absolute atomic E-state index is 0.00225. The van der Waals surface area contributed by atoms with E-state index in [4.69, 9.17) is 13.9 Å². The van der Waals surface area contributed by atoms with Crippen molar-refractivity contribution in [2.45, 2.75) is 25.9 Å². The molecule has 1 fully saturated rings. The van der Waals surface area contributed by atoms with E-state index in [1.165, 1.54) is 6.26 Å². The first-order chi connectivity index (χ1) is 9.74. The molecular formula is C12H13N3O4S. The van der Waals surface area contributed by atoms with Gasteiger partial charge in [0, 0.05) is 13.5 Å². The molecule has 0 aromatic carbocycles. The third-order valence-corrected chi connectivity index (χ3v) is 3.67. The van der Waals surface area contributed by atoms with Crippen LogP contribution < -0.4 is 0 Å². The van der Waals surface area contributed by atoms with Crippen LogP contribution >= 0.6 is 11.5 Å². The molecule has 20 heavy (non-hydrogen) atoms. The number of oxazole rings is 1. The molecule has 106 valence electrons. The molecule has 0 aliphatic carbocycles. The summed E-state index contributed by atoms with van der Waals surface area (Å²) in [6.45, 7) is 2.71. The molecule has 0 spiro atoms. The number of carbonyl (C=O) groups is 1. The average molecular weight is 295 g/mol. The molecule has 0 saturated carbocycles. The Hall–Kier alpha value is -1.80. The van der Waals surface area contributed by atoms with Gasteiger partial charge in [-0.15, -0.1) is 5.10 Å². The van der Waals surface area contributed by atoms with Crippen LogP contribution in [0.15, 0.2) is 10.7 Å². The summed E-state index contributed by atoms with van der Waals surface area (Å²) in [4.78, 5) is 16.5. The summed E-state index contributed by atoms with van der Waals surface area (Å²) in [5.41, 5.74) is 0.879. The van der Waals surface area contributed by atoms with Crippen LogP contribution in [0, 0.1) is 6.92 Å². The Kier molecular flexibility index (Phi) is 3.75. The lowest BCUT2D eigenvalue weighted by atomic mass is 10.2. The summed E-state index contributed by atoms with van der Waals surface area (Å²) in [7, 11) is 0. The van der Waals surface area contributed by atoms with Crippen LogP contribution in [0.5, 0.6) is 0 Å². The van der Waals surface area contributed by atoms with Crippen molar-refractivity contribution in [1.82, 2.24) is 14.6 Å². The Morgan fingerprint density at radius 1 is 1.60 bits per heavy atom. The molecule has 1 aliphatic rings. The van der Waals surface area contributed by atoms with Crippen LogP contribution in [0.4, 0.5) is 0 Å². The van der Waals surface area contributed by atoms with E-state index in [-0.39, 0.29) is 12.7 Å².